The maximum absolute atomic E-state index is 10.5. The molecule has 82 valence electrons. The first kappa shape index (κ1) is 10.2. The fourth-order valence-electron chi connectivity index (χ4n) is 1.16. The molecule has 5 nitrogen and oxygen atoms in total. The number of nitrogens with zero attached hydrogens (tertiary/aromatic N) is 1. The predicted octanol–water partition coefficient (Wildman–Crippen LogP) is 1.95. The fraction of sp³-hybridized carbons (Fsp3) is 0.0909. The summed E-state index contributed by atoms with van der Waals surface area (Å²) >= 11 is 0. The molecule has 0 aliphatic carbocycles. The van der Waals surface area contributed by atoms with E-state index < -0.39 is 5.97 Å². The van der Waals surface area contributed by atoms with Gasteiger partial charge >= 0.3 is 5.97 Å². The van der Waals surface area contributed by atoms with E-state index in [9.17, 15) is 4.79 Å². The van der Waals surface area contributed by atoms with Crippen molar-refractivity contribution in [3.8, 4) is 5.88 Å². The maximum Gasteiger partial charge on any atom is 0.374 e. The van der Waals surface area contributed by atoms with Crippen molar-refractivity contribution < 1.29 is 19.2 Å². The average molecular weight is 219 g/mol. The minimum atomic E-state index is -1.16. The number of rotatable bonds is 4. The van der Waals surface area contributed by atoms with Gasteiger partial charge in [0, 0.05) is 0 Å². The van der Waals surface area contributed by atoms with E-state index in [2.05, 4.69) is 9.68 Å². The van der Waals surface area contributed by atoms with Crippen LogP contribution in [0.2, 0.25) is 0 Å². The van der Waals surface area contributed by atoms with Gasteiger partial charge in [0.25, 0.3) is 5.88 Å². The number of benzene rings is 1. The van der Waals surface area contributed by atoms with E-state index in [0.717, 1.165) is 5.56 Å². The van der Waals surface area contributed by atoms with Gasteiger partial charge in [0.15, 0.2) is 0 Å². The minimum absolute atomic E-state index is 0.168. The van der Waals surface area contributed by atoms with Crippen molar-refractivity contribution >= 4 is 5.97 Å². The highest BCUT2D eigenvalue weighted by Crippen LogP contribution is 2.13. The zero-order valence-corrected chi connectivity index (χ0v) is 8.29. The standard InChI is InChI=1S/C11H9NO4/c13-11(14)9-6-10(12-16-9)15-7-8-4-2-1-3-5-8/h1-6H,7H2,(H,13,14). The predicted molar refractivity (Wildman–Crippen MR) is 54.2 cm³/mol. The lowest BCUT2D eigenvalue weighted by Crippen LogP contribution is -1.95. The van der Waals surface area contributed by atoms with Crippen LogP contribution in [-0.4, -0.2) is 16.2 Å². The Labute approximate surface area is 91.3 Å². The molecular formula is C11H9NO4. The van der Waals surface area contributed by atoms with Gasteiger partial charge in [0.1, 0.15) is 6.61 Å². The van der Waals surface area contributed by atoms with Crippen molar-refractivity contribution in [1.29, 1.82) is 0 Å². The van der Waals surface area contributed by atoms with Gasteiger partial charge in [-0.3, -0.25) is 0 Å². The van der Waals surface area contributed by atoms with Gasteiger partial charge in [-0.2, -0.15) is 0 Å². The Hall–Kier alpha value is -2.30. The quantitative estimate of drug-likeness (QED) is 0.850. The molecule has 2 rings (SSSR count). The third kappa shape index (κ3) is 2.38. The van der Waals surface area contributed by atoms with Crippen LogP contribution in [0.1, 0.15) is 16.1 Å². The van der Waals surface area contributed by atoms with E-state index in [0.29, 0.717) is 6.61 Å². The molecule has 2 aromatic rings. The Morgan fingerprint density at radius 3 is 2.75 bits per heavy atom. The molecular weight excluding hydrogens is 210 g/mol. The molecule has 0 amide bonds. The first-order valence-electron chi connectivity index (χ1n) is 4.62. The topological polar surface area (TPSA) is 72.6 Å². The number of hydrogen-bond donors (Lipinski definition) is 1. The third-order valence-corrected chi connectivity index (χ3v) is 1.93. The Kier molecular flexibility index (Phi) is 2.86. The first-order valence-corrected chi connectivity index (χ1v) is 4.62. The fourth-order valence-corrected chi connectivity index (χ4v) is 1.16. The molecule has 0 unspecified atom stereocenters. The Bertz CT molecular complexity index is 478. The lowest BCUT2D eigenvalue weighted by molar-refractivity contribution is 0.0651. The number of carbonyl (C=O) groups is 1. The van der Waals surface area contributed by atoms with Gasteiger partial charge in [0.2, 0.25) is 5.76 Å². The molecule has 0 saturated carbocycles. The van der Waals surface area contributed by atoms with E-state index >= 15 is 0 Å². The van der Waals surface area contributed by atoms with Crippen LogP contribution in [0, 0.1) is 0 Å². The highest BCUT2D eigenvalue weighted by atomic mass is 16.5. The molecule has 5 heteroatoms. The summed E-state index contributed by atoms with van der Waals surface area (Å²) in [5.74, 6) is -1.23. The Morgan fingerprint density at radius 1 is 1.38 bits per heavy atom. The zero-order valence-electron chi connectivity index (χ0n) is 8.29. The molecule has 0 fully saturated rings. The number of aromatic carboxylic acids is 1. The molecule has 0 radical (unpaired) electrons. The van der Waals surface area contributed by atoms with Crippen LogP contribution in [0.3, 0.4) is 0 Å². The molecule has 0 saturated heterocycles. The molecule has 0 aliphatic heterocycles. The monoisotopic (exact) mass is 219 g/mol. The minimum Gasteiger partial charge on any atom is -0.475 e. The molecule has 0 bridgehead atoms. The molecule has 1 aromatic carbocycles. The van der Waals surface area contributed by atoms with Gasteiger partial charge in [-0.05, 0) is 10.7 Å². The van der Waals surface area contributed by atoms with Gasteiger partial charge < -0.3 is 14.4 Å². The second kappa shape index (κ2) is 4.48. The molecule has 16 heavy (non-hydrogen) atoms. The highest BCUT2D eigenvalue weighted by Gasteiger charge is 2.11. The van der Waals surface area contributed by atoms with Crippen LogP contribution in [0.15, 0.2) is 40.9 Å². The van der Waals surface area contributed by atoms with Crippen LogP contribution in [0.5, 0.6) is 5.88 Å². The lowest BCUT2D eigenvalue weighted by atomic mass is 10.2. The van der Waals surface area contributed by atoms with Gasteiger partial charge in [-0.25, -0.2) is 4.79 Å². The largest absolute Gasteiger partial charge is 0.475 e. The first-order chi connectivity index (χ1) is 7.75. The van der Waals surface area contributed by atoms with Crippen molar-refractivity contribution in [2.24, 2.45) is 0 Å². The van der Waals surface area contributed by atoms with Crippen LogP contribution in [-0.2, 0) is 6.61 Å². The van der Waals surface area contributed by atoms with Crippen LogP contribution in [0.25, 0.3) is 0 Å². The smallest absolute Gasteiger partial charge is 0.374 e. The summed E-state index contributed by atoms with van der Waals surface area (Å²) in [5.41, 5.74) is 0.974. The van der Waals surface area contributed by atoms with E-state index in [1.807, 2.05) is 30.3 Å². The summed E-state index contributed by atoms with van der Waals surface area (Å²) in [6, 6.07) is 10.7. The molecule has 1 aromatic heterocycles. The van der Waals surface area contributed by atoms with E-state index in [4.69, 9.17) is 9.84 Å². The molecule has 0 spiro atoms. The summed E-state index contributed by atoms with van der Waals surface area (Å²) in [7, 11) is 0. The summed E-state index contributed by atoms with van der Waals surface area (Å²) in [4.78, 5) is 10.5. The van der Waals surface area contributed by atoms with Crippen LogP contribution >= 0.6 is 0 Å². The summed E-state index contributed by atoms with van der Waals surface area (Å²) in [6.07, 6.45) is 0. The summed E-state index contributed by atoms with van der Waals surface area (Å²) < 4.78 is 9.79. The average Bonchev–Trinajstić information content (AvgIpc) is 2.76. The zero-order chi connectivity index (χ0) is 11.4. The highest BCUT2D eigenvalue weighted by molar-refractivity contribution is 5.84. The van der Waals surface area contributed by atoms with Crippen molar-refractivity contribution in [3.63, 3.8) is 0 Å². The number of ether oxygens (including phenoxy) is 1. The van der Waals surface area contributed by atoms with Crippen molar-refractivity contribution in [1.82, 2.24) is 5.16 Å². The summed E-state index contributed by atoms with van der Waals surface area (Å²) in [5, 5.41) is 12.1. The van der Waals surface area contributed by atoms with Crippen LogP contribution in [0.4, 0.5) is 0 Å². The number of carboxylic acid groups (broad SMARTS) is 1. The van der Waals surface area contributed by atoms with E-state index in [1.54, 1.807) is 0 Å². The maximum atomic E-state index is 10.5. The van der Waals surface area contributed by atoms with Crippen molar-refractivity contribution in [3.05, 3.63) is 47.7 Å². The normalized spacial score (nSPS) is 10.0. The third-order valence-electron chi connectivity index (χ3n) is 1.93. The van der Waals surface area contributed by atoms with Gasteiger partial charge in [0.05, 0.1) is 6.07 Å². The van der Waals surface area contributed by atoms with Crippen molar-refractivity contribution in [2.75, 3.05) is 0 Å². The SMILES string of the molecule is O=C(O)c1cc(OCc2ccccc2)no1. The van der Waals surface area contributed by atoms with Crippen LogP contribution < -0.4 is 4.74 Å². The second-order valence-corrected chi connectivity index (χ2v) is 3.11. The molecule has 0 aliphatic rings. The molecule has 0 atom stereocenters. The lowest BCUT2D eigenvalue weighted by Gasteiger charge is -2.00. The number of aromatic nitrogens is 1. The van der Waals surface area contributed by atoms with Gasteiger partial charge in [-0.15, -0.1) is 0 Å². The summed E-state index contributed by atoms with van der Waals surface area (Å²) in [6.45, 7) is 0.326. The van der Waals surface area contributed by atoms with Gasteiger partial charge in [-0.1, -0.05) is 30.3 Å². The Morgan fingerprint density at radius 2 is 2.12 bits per heavy atom. The molecule has 1 N–H and O–H groups in total. The number of hydrogen-bond acceptors (Lipinski definition) is 4. The molecule has 1 heterocycles. The number of carboxylic acids is 1. The Balaban J connectivity index is 1.97. The van der Waals surface area contributed by atoms with Crippen molar-refractivity contribution in [2.45, 2.75) is 6.61 Å². The second-order valence-electron chi connectivity index (χ2n) is 3.11. The van der Waals surface area contributed by atoms with E-state index in [-0.39, 0.29) is 11.6 Å². The van der Waals surface area contributed by atoms with E-state index in [1.165, 1.54) is 6.07 Å².